The van der Waals surface area contributed by atoms with E-state index in [2.05, 4.69) is 13.2 Å². The summed E-state index contributed by atoms with van der Waals surface area (Å²) in [4.78, 5) is 1.37. The van der Waals surface area contributed by atoms with Crippen LogP contribution in [0, 0.1) is 6.92 Å². The van der Waals surface area contributed by atoms with Gasteiger partial charge in [0.1, 0.15) is 0 Å². The summed E-state index contributed by atoms with van der Waals surface area (Å²) in [5, 5.41) is 0. The normalized spacial score (nSPS) is 12.1. The molecule has 0 saturated carbocycles. The lowest BCUT2D eigenvalue weighted by atomic mass is 10.2. The molecular weight excluding hydrogens is 192 g/mol. The minimum absolute atomic E-state index is 0.592. The van der Waals surface area contributed by atoms with Crippen LogP contribution in [0.4, 0.5) is 0 Å². The summed E-state index contributed by atoms with van der Waals surface area (Å²) < 4.78 is 11.8. The molecule has 0 unspecified atom stereocenters. The highest BCUT2D eigenvalue weighted by Gasteiger charge is 2.07. The molecule has 1 aromatic carbocycles. The van der Waals surface area contributed by atoms with Gasteiger partial charge in [-0.25, -0.2) is 4.21 Å². The second-order valence-electron chi connectivity index (χ2n) is 3.29. The maximum absolute atomic E-state index is 11.8. The zero-order chi connectivity index (χ0) is 10.7. The fourth-order valence-electron chi connectivity index (χ4n) is 0.962. The van der Waals surface area contributed by atoms with Crippen LogP contribution in [0.25, 0.3) is 0 Å². The molecular formula is C12H14OS. The third kappa shape index (κ3) is 2.42. The number of hydrogen-bond donors (Lipinski definition) is 0. The van der Waals surface area contributed by atoms with Crippen molar-refractivity contribution in [2.75, 3.05) is 0 Å². The van der Waals surface area contributed by atoms with Gasteiger partial charge in [-0.15, -0.1) is 0 Å². The van der Waals surface area contributed by atoms with Crippen molar-refractivity contribution in [2.24, 2.45) is 0 Å². The van der Waals surface area contributed by atoms with Crippen LogP contribution >= 0.6 is 0 Å². The molecule has 0 amide bonds. The highest BCUT2D eigenvalue weighted by atomic mass is 32.2. The minimum atomic E-state index is -1.16. The number of rotatable bonds is 3. The Balaban J connectivity index is 2.96. The first-order valence-corrected chi connectivity index (χ1v) is 5.50. The molecule has 0 heterocycles. The molecule has 0 N–H and O–H groups in total. The molecule has 0 aliphatic carbocycles. The maximum atomic E-state index is 11.8. The van der Waals surface area contributed by atoms with Crippen molar-refractivity contribution in [3.05, 3.63) is 53.5 Å². The Hall–Kier alpha value is -1.15. The summed E-state index contributed by atoms with van der Waals surface area (Å²) in [6, 6.07) is 7.61. The molecule has 0 aliphatic rings. The van der Waals surface area contributed by atoms with Crippen molar-refractivity contribution in [3.8, 4) is 0 Å². The lowest BCUT2D eigenvalue weighted by Gasteiger charge is -2.05. The number of allylic oxidation sites excluding steroid dienone is 1. The highest BCUT2D eigenvalue weighted by molar-refractivity contribution is 7.89. The van der Waals surface area contributed by atoms with Gasteiger partial charge < -0.3 is 0 Å². The Kier molecular flexibility index (Phi) is 3.42. The van der Waals surface area contributed by atoms with E-state index in [0.29, 0.717) is 4.91 Å². The third-order valence-corrected chi connectivity index (χ3v) is 3.43. The Labute approximate surface area is 87.6 Å². The zero-order valence-electron chi connectivity index (χ0n) is 8.54. The molecule has 14 heavy (non-hydrogen) atoms. The van der Waals surface area contributed by atoms with Gasteiger partial charge in [0.05, 0.1) is 10.8 Å². The molecule has 1 aromatic rings. The molecule has 0 aromatic heterocycles. The molecule has 1 nitrogen and oxygen atoms in total. The van der Waals surface area contributed by atoms with E-state index in [1.807, 2.05) is 38.1 Å². The second-order valence-corrected chi connectivity index (χ2v) is 4.79. The van der Waals surface area contributed by atoms with Crippen molar-refractivity contribution in [2.45, 2.75) is 18.7 Å². The van der Waals surface area contributed by atoms with Gasteiger partial charge in [0.25, 0.3) is 0 Å². The molecule has 0 spiro atoms. The summed E-state index contributed by atoms with van der Waals surface area (Å²) in [6.45, 7) is 11.3. The van der Waals surface area contributed by atoms with Crippen molar-refractivity contribution < 1.29 is 4.21 Å². The van der Waals surface area contributed by atoms with Gasteiger partial charge in [0.2, 0.25) is 0 Å². The maximum Gasteiger partial charge on any atom is 0.0846 e. The van der Waals surface area contributed by atoms with E-state index >= 15 is 0 Å². The SMILES string of the molecule is C=C(C)C(=C)[S@@](=O)c1ccc(C)cc1. The van der Waals surface area contributed by atoms with Crippen LogP contribution in [0.3, 0.4) is 0 Å². The zero-order valence-corrected chi connectivity index (χ0v) is 9.36. The fraction of sp³-hybridized carbons (Fsp3) is 0.167. The van der Waals surface area contributed by atoms with Crippen LogP contribution in [0.15, 0.2) is 52.8 Å². The van der Waals surface area contributed by atoms with Gasteiger partial charge in [0.15, 0.2) is 0 Å². The van der Waals surface area contributed by atoms with E-state index in [4.69, 9.17) is 0 Å². The molecule has 0 bridgehead atoms. The predicted octanol–water partition coefficient (Wildman–Crippen LogP) is 3.19. The molecule has 0 aliphatic heterocycles. The van der Waals surface area contributed by atoms with Gasteiger partial charge in [-0.2, -0.15) is 0 Å². The van der Waals surface area contributed by atoms with Crippen LogP contribution in [-0.2, 0) is 10.8 Å². The summed E-state index contributed by atoms with van der Waals surface area (Å²) in [5.74, 6) is 0. The summed E-state index contributed by atoms with van der Waals surface area (Å²) in [6.07, 6.45) is 0. The Morgan fingerprint density at radius 2 is 1.71 bits per heavy atom. The van der Waals surface area contributed by atoms with E-state index in [-0.39, 0.29) is 0 Å². The van der Waals surface area contributed by atoms with Crippen LogP contribution < -0.4 is 0 Å². The van der Waals surface area contributed by atoms with Crippen molar-refractivity contribution in [1.82, 2.24) is 0 Å². The van der Waals surface area contributed by atoms with Crippen molar-refractivity contribution in [3.63, 3.8) is 0 Å². The van der Waals surface area contributed by atoms with Gasteiger partial charge in [-0.05, 0) is 31.6 Å². The van der Waals surface area contributed by atoms with Crippen molar-refractivity contribution >= 4 is 10.8 Å². The first-order valence-electron chi connectivity index (χ1n) is 4.35. The number of benzene rings is 1. The standard InChI is InChI=1S/C12H14OS/c1-9(2)11(4)14(13)12-7-5-10(3)6-8-12/h5-8H,1,4H2,2-3H3/t14-/m1/s1. The largest absolute Gasteiger partial charge is 0.249 e. The monoisotopic (exact) mass is 206 g/mol. The summed E-state index contributed by atoms with van der Waals surface area (Å²) in [5.41, 5.74) is 1.93. The van der Waals surface area contributed by atoms with Crippen LogP contribution in [0.2, 0.25) is 0 Å². The Morgan fingerprint density at radius 1 is 1.21 bits per heavy atom. The smallest absolute Gasteiger partial charge is 0.0846 e. The summed E-state index contributed by atoms with van der Waals surface area (Å²) >= 11 is 0. The first kappa shape index (κ1) is 10.9. The molecule has 0 radical (unpaired) electrons. The highest BCUT2D eigenvalue weighted by Crippen LogP contribution is 2.18. The Morgan fingerprint density at radius 3 is 2.14 bits per heavy atom. The average molecular weight is 206 g/mol. The fourth-order valence-corrected chi connectivity index (χ4v) is 1.95. The van der Waals surface area contributed by atoms with E-state index in [1.165, 1.54) is 0 Å². The van der Waals surface area contributed by atoms with E-state index < -0.39 is 10.8 Å². The second kappa shape index (κ2) is 4.38. The average Bonchev–Trinajstić information content (AvgIpc) is 2.16. The van der Waals surface area contributed by atoms with Gasteiger partial charge >= 0.3 is 0 Å². The predicted molar refractivity (Wildman–Crippen MR) is 61.5 cm³/mol. The van der Waals surface area contributed by atoms with E-state index in [1.54, 1.807) is 0 Å². The number of aryl methyl sites for hydroxylation is 1. The van der Waals surface area contributed by atoms with Crippen molar-refractivity contribution in [1.29, 1.82) is 0 Å². The van der Waals surface area contributed by atoms with Crippen LogP contribution in [0.5, 0.6) is 0 Å². The Bertz CT molecular complexity index is 387. The quantitative estimate of drug-likeness (QED) is 0.694. The lowest BCUT2D eigenvalue weighted by Crippen LogP contribution is -1.95. The molecule has 0 fully saturated rings. The van der Waals surface area contributed by atoms with Crippen LogP contribution in [0.1, 0.15) is 12.5 Å². The van der Waals surface area contributed by atoms with Crippen LogP contribution in [-0.4, -0.2) is 4.21 Å². The molecule has 0 saturated heterocycles. The molecule has 2 heteroatoms. The number of hydrogen-bond acceptors (Lipinski definition) is 1. The molecule has 1 rings (SSSR count). The lowest BCUT2D eigenvalue weighted by molar-refractivity contribution is 0.687. The van der Waals surface area contributed by atoms with E-state index in [9.17, 15) is 4.21 Å². The minimum Gasteiger partial charge on any atom is -0.249 e. The van der Waals surface area contributed by atoms with Gasteiger partial charge in [-0.3, -0.25) is 0 Å². The first-order chi connectivity index (χ1) is 6.52. The van der Waals surface area contributed by atoms with Gasteiger partial charge in [0, 0.05) is 9.80 Å². The van der Waals surface area contributed by atoms with Gasteiger partial charge in [-0.1, -0.05) is 30.9 Å². The molecule has 1 atom stereocenters. The van der Waals surface area contributed by atoms with E-state index in [0.717, 1.165) is 16.0 Å². The third-order valence-electron chi connectivity index (χ3n) is 1.93. The molecule has 74 valence electrons. The summed E-state index contributed by atoms with van der Waals surface area (Å²) in [7, 11) is -1.16. The topological polar surface area (TPSA) is 17.1 Å².